The Morgan fingerprint density at radius 2 is 1.65 bits per heavy atom. The molecule has 2 aromatic heterocycles. The third-order valence-corrected chi connectivity index (χ3v) is 7.45. The number of sulfonamides is 1. The van der Waals surface area contributed by atoms with Crippen LogP contribution < -0.4 is 5.32 Å². The van der Waals surface area contributed by atoms with Crippen LogP contribution >= 0.6 is 0 Å². The maximum atomic E-state index is 13.2. The van der Waals surface area contributed by atoms with E-state index in [2.05, 4.69) is 36.4 Å². The van der Waals surface area contributed by atoms with E-state index >= 15 is 0 Å². The molecule has 1 unspecified atom stereocenters. The molecule has 2 aromatic carbocycles. The first-order chi connectivity index (χ1) is 16.5. The molecule has 174 valence electrons. The fourth-order valence-electron chi connectivity index (χ4n) is 3.82. The number of hydrogen-bond donors (Lipinski definition) is 1. The van der Waals surface area contributed by atoms with Crippen molar-refractivity contribution in [3.63, 3.8) is 0 Å². The maximum Gasteiger partial charge on any atom is 0.243 e. The highest BCUT2D eigenvalue weighted by molar-refractivity contribution is 7.89. The second-order valence-corrected chi connectivity index (χ2v) is 9.68. The molecule has 0 spiro atoms. The lowest BCUT2D eigenvalue weighted by Crippen LogP contribution is -2.43. The molecule has 13 nitrogen and oxygen atoms in total. The molecule has 1 aliphatic rings. The Hall–Kier alpha value is -4.04. The smallest absolute Gasteiger partial charge is 0.243 e. The zero-order valence-electron chi connectivity index (χ0n) is 17.8. The van der Waals surface area contributed by atoms with Crippen LogP contribution in [0.2, 0.25) is 0 Å². The maximum absolute atomic E-state index is 13.2. The van der Waals surface area contributed by atoms with Crippen molar-refractivity contribution >= 4 is 21.6 Å². The first-order valence-electron chi connectivity index (χ1n) is 10.5. The Morgan fingerprint density at radius 1 is 0.941 bits per heavy atom. The summed E-state index contributed by atoms with van der Waals surface area (Å²) in [6.07, 6.45) is 4.07. The van der Waals surface area contributed by atoms with Gasteiger partial charge in [0.05, 0.1) is 22.2 Å². The average Bonchev–Trinajstić information content (AvgIpc) is 3.59. The van der Waals surface area contributed by atoms with Gasteiger partial charge in [-0.3, -0.25) is 4.79 Å². The highest BCUT2D eigenvalue weighted by Gasteiger charge is 2.33. The Morgan fingerprint density at radius 3 is 2.32 bits per heavy atom. The zero-order valence-corrected chi connectivity index (χ0v) is 18.7. The number of benzene rings is 2. The van der Waals surface area contributed by atoms with Gasteiger partial charge in [0.15, 0.2) is 0 Å². The van der Waals surface area contributed by atoms with E-state index in [9.17, 15) is 13.2 Å². The summed E-state index contributed by atoms with van der Waals surface area (Å²) in [5, 5.41) is 24.9. The van der Waals surface area contributed by atoms with Gasteiger partial charge in [-0.15, -0.1) is 10.2 Å². The summed E-state index contributed by atoms with van der Waals surface area (Å²) in [7, 11) is -3.76. The molecule has 4 aromatic rings. The van der Waals surface area contributed by atoms with Crippen molar-refractivity contribution in [2.45, 2.75) is 17.7 Å². The fourth-order valence-corrected chi connectivity index (χ4v) is 5.35. The van der Waals surface area contributed by atoms with Crippen LogP contribution in [0.4, 0.5) is 5.69 Å². The van der Waals surface area contributed by atoms with Crippen LogP contribution in [0, 0.1) is 5.92 Å². The number of carbonyl (C=O) groups excluding carboxylic acids is 1. The summed E-state index contributed by atoms with van der Waals surface area (Å²) < 4.78 is 30.7. The van der Waals surface area contributed by atoms with E-state index in [0.717, 1.165) is 0 Å². The van der Waals surface area contributed by atoms with E-state index in [-0.39, 0.29) is 17.3 Å². The number of amides is 1. The average molecular weight is 481 g/mol. The second kappa shape index (κ2) is 9.07. The molecule has 5 rings (SSSR count). The Balaban J connectivity index is 1.28. The van der Waals surface area contributed by atoms with Crippen LogP contribution in [0.1, 0.15) is 12.8 Å². The molecule has 0 radical (unpaired) electrons. The van der Waals surface area contributed by atoms with E-state index in [1.54, 1.807) is 30.3 Å². The van der Waals surface area contributed by atoms with E-state index in [1.165, 1.54) is 38.5 Å². The first-order valence-corrected chi connectivity index (χ1v) is 11.9. The molecule has 1 aliphatic heterocycles. The van der Waals surface area contributed by atoms with Gasteiger partial charge in [0.2, 0.25) is 15.9 Å². The van der Waals surface area contributed by atoms with Gasteiger partial charge in [-0.1, -0.05) is 6.07 Å². The highest BCUT2D eigenvalue weighted by atomic mass is 32.2. The van der Waals surface area contributed by atoms with Crippen LogP contribution in [0.15, 0.2) is 66.1 Å². The lowest BCUT2D eigenvalue weighted by Gasteiger charge is -2.31. The topological polar surface area (TPSA) is 154 Å². The summed E-state index contributed by atoms with van der Waals surface area (Å²) in [5.41, 5.74) is 1.92. The highest BCUT2D eigenvalue weighted by Crippen LogP contribution is 2.25. The molecule has 0 bridgehead atoms. The number of nitrogens with zero attached hydrogens (tertiary/aromatic N) is 9. The number of nitrogens with one attached hydrogen (secondary N) is 1. The number of tetrazole rings is 2. The van der Waals surface area contributed by atoms with E-state index in [4.69, 9.17) is 0 Å². The number of hydrogen-bond acceptors (Lipinski definition) is 9. The molecule has 1 amide bonds. The molecule has 1 atom stereocenters. The molecule has 1 N–H and O–H groups in total. The van der Waals surface area contributed by atoms with Crippen molar-refractivity contribution in [2.24, 2.45) is 5.92 Å². The van der Waals surface area contributed by atoms with Crippen LogP contribution in [-0.4, -0.2) is 72.1 Å². The summed E-state index contributed by atoms with van der Waals surface area (Å²) in [5.74, 6) is -0.705. The summed E-state index contributed by atoms with van der Waals surface area (Å²) >= 11 is 0. The molecule has 1 fully saturated rings. The van der Waals surface area contributed by atoms with Gasteiger partial charge >= 0.3 is 0 Å². The Labute approximate surface area is 194 Å². The zero-order chi connectivity index (χ0) is 23.5. The largest absolute Gasteiger partial charge is 0.326 e. The van der Waals surface area contributed by atoms with Gasteiger partial charge in [0.25, 0.3) is 0 Å². The number of aromatic nitrogens is 8. The van der Waals surface area contributed by atoms with Crippen molar-refractivity contribution in [3.05, 3.63) is 61.2 Å². The third-order valence-electron chi connectivity index (χ3n) is 5.57. The number of carbonyl (C=O) groups is 1. The number of rotatable bonds is 6. The SMILES string of the molecule is O=C(Nc1cccc(-n2cnnn2)c1)C1CCCN(S(=O)(=O)c2ccc(-n3cnnn3)cc2)C1. The first kappa shape index (κ1) is 21.8. The molecule has 0 aliphatic carbocycles. The standard InChI is InChI=1S/C20H20N10O3S/c31-20(23-16-4-1-5-18(11-16)30-14-22-25-27-30)15-3-2-10-28(12-15)34(32,33)19-8-6-17(7-9-19)29-13-21-24-26-29/h1,4-9,11,13-15H,2-3,10,12H2,(H,23,31). The summed E-state index contributed by atoms with van der Waals surface area (Å²) in [6, 6.07) is 13.4. The summed E-state index contributed by atoms with van der Waals surface area (Å²) in [4.78, 5) is 13.1. The van der Waals surface area contributed by atoms with Crippen molar-refractivity contribution in [3.8, 4) is 11.4 Å². The third kappa shape index (κ3) is 4.40. The van der Waals surface area contributed by atoms with Gasteiger partial charge in [0.1, 0.15) is 12.7 Å². The molecule has 0 saturated carbocycles. The van der Waals surface area contributed by atoms with Crippen molar-refractivity contribution in [1.82, 2.24) is 44.7 Å². The molecule has 3 heterocycles. The minimum atomic E-state index is -3.76. The molecular formula is C20H20N10O3S. The summed E-state index contributed by atoms with van der Waals surface area (Å²) in [6.45, 7) is 0.464. The van der Waals surface area contributed by atoms with E-state index in [1.807, 2.05) is 6.07 Å². The van der Waals surface area contributed by atoms with Gasteiger partial charge < -0.3 is 5.32 Å². The van der Waals surface area contributed by atoms with Crippen LogP contribution in [0.5, 0.6) is 0 Å². The molecule has 34 heavy (non-hydrogen) atoms. The lowest BCUT2D eigenvalue weighted by molar-refractivity contribution is -0.120. The minimum Gasteiger partial charge on any atom is -0.326 e. The van der Waals surface area contributed by atoms with Crippen molar-refractivity contribution in [2.75, 3.05) is 18.4 Å². The Bertz CT molecular complexity index is 1370. The normalized spacial score (nSPS) is 16.9. The van der Waals surface area contributed by atoms with Crippen LogP contribution in [0.3, 0.4) is 0 Å². The quantitative estimate of drug-likeness (QED) is 0.419. The fraction of sp³-hybridized carbons (Fsp3) is 0.250. The molecule has 1 saturated heterocycles. The van der Waals surface area contributed by atoms with Gasteiger partial charge in [-0.25, -0.2) is 17.8 Å². The Kier molecular flexibility index (Phi) is 5.81. The van der Waals surface area contributed by atoms with E-state index in [0.29, 0.717) is 36.4 Å². The predicted octanol–water partition coefficient (Wildman–Crippen LogP) is 0.677. The predicted molar refractivity (Wildman–Crippen MR) is 118 cm³/mol. The second-order valence-electron chi connectivity index (χ2n) is 7.74. The van der Waals surface area contributed by atoms with Crippen molar-refractivity contribution < 1.29 is 13.2 Å². The van der Waals surface area contributed by atoms with E-state index < -0.39 is 15.9 Å². The van der Waals surface area contributed by atoms with Gasteiger partial charge in [-0.05, 0) is 76.2 Å². The minimum absolute atomic E-state index is 0.107. The van der Waals surface area contributed by atoms with Crippen LogP contribution in [-0.2, 0) is 14.8 Å². The van der Waals surface area contributed by atoms with Gasteiger partial charge in [-0.2, -0.15) is 4.31 Å². The van der Waals surface area contributed by atoms with Crippen molar-refractivity contribution in [1.29, 1.82) is 0 Å². The monoisotopic (exact) mass is 480 g/mol. The van der Waals surface area contributed by atoms with Crippen LogP contribution in [0.25, 0.3) is 11.4 Å². The molecular weight excluding hydrogens is 460 g/mol. The van der Waals surface area contributed by atoms with Gasteiger partial charge in [0, 0.05) is 18.8 Å². The number of piperidine rings is 1. The number of anilines is 1. The molecule has 14 heteroatoms. The lowest BCUT2D eigenvalue weighted by atomic mass is 9.98.